The van der Waals surface area contributed by atoms with Crippen LogP contribution in [-0.4, -0.2) is 31.9 Å². The topological polar surface area (TPSA) is 87.7 Å². The van der Waals surface area contributed by atoms with Gasteiger partial charge in [0.1, 0.15) is 11.9 Å². The number of hydrogen-bond donors (Lipinski definition) is 2. The Balaban J connectivity index is 1.46. The highest BCUT2D eigenvalue weighted by molar-refractivity contribution is 7.99. The average Bonchev–Trinajstić information content (AvgIpc) is 3.38. The predicted octanol–water partition coefficient (Wildman–Crippen LogP) is 6.50. The maximum Gasteiger partial charge on any atom is 0.319 e. The average molecular weight is 513 g/mol. The molecule has 2 amide bonds. The second-order valence-corrected chi connectivity index (χ2v) is 11.0. The molecule has 190 valence electrons. The van der Waals surface area contributed by atoms with E-state index in [2.05, 4.69) is 49.0 Å². The van der Waals surface area contributed by atoms with Crippen LogP contribution < -0.4 is 10.6 Å². The third kappa shape index (κ3) is 5.23. The highest BCUT2D eigenvalue weighted by Gasteiger charge is 2.28. The van der Waals surface area contributed by atoms with Gasteiger partial charge in [0.15, 0.2) is 0 Å². The van der Waals surface area contributed by atoms with Gasteiger partial charge in [-0.25, -0.2) is 9.78 Å². The quantitative estimate of drug-likeness (QED) is 0.264. The van der Waals surface area contributed by atoms with Crippen molar-refractivity contribution in [1.82, 2.24) is 19.4 Å². The second-order valence-electron chi connectivity index (χ2n) is 9.85. The Morgan fingerprint density at radius 2 is 2.00 bits per heavy atom. The number of nitrogens with zero attached hydrogens (tertiary/aromatic N) is 4. The van der Waals surface area contributed by atoms with E-state index in [0.717, 1.165) is 58.7 Å². The van der Waals surface area contributed by atoms with Crippen LogP contribution >= 0.6 is 11.8 Å². The molecule has 1 aliphatic rings. The number of amides is 2. The molecule has 5 rings (SSSR count). The van der Waals surface area contributed by atoms with Gasteiger partial charge in [0, 0.05) is 59.7 Å². The van der Waals surface area contributed by atoms with Crippen LogP contribution in [0.2, 0.25) is 0 Å². The van der Waals surface area contributed by atoms with Crippen molar-refractivity contribution in [3.8, 4) is 17.3 Å². The monoisotopic (exact) mass is 512 g/mol. The summed E-state index contributed by atoms with van der Waals surface area (Å²) in [5, 5.41) is 16.9. The first-order valence-corrected chi connectivity index (χ1v) is 13.8. The summed E-state index contributed by atoms with van der Waals surface area (Å²) in [6.45, 7) is 3.85. The number of nitrogens with one attached hydrogen (secondary N) is 2. The van der Waals surface area contributed by atoms with Crippen molar-refractivity contribution >= 4 is 34.4 Å². The zero-order valence-corrected chi connectivity index (χ0v) is 22.3. The smallest absolute Gasteiger partial charge is 0.319 e. The lowest BCUT2D eigenvalue weighted by molar-refractivity contribution is 0.250. The highest BCUT2D eigenvalue weighted by Crippen LogP contribution is 2.43. The molecule has 4 aromatic rings. The molecule has 1 saturated carbocycles. The summed E-state index contributed by atoms with van der Waals surface area (Å²) in [5.41, 5.74) is 4.51. The van der Waals surface area contributed by atoms with Crippen LogP contribution in [0, 0.1) is 11.3 Å². The minimum atomic E-state index is -0.225. The fourth-order valence-electron chi connectivity index (χ4n) is 4.84. The van der Waals surface area contributed by atoms with Crippen molar-refractivity contribution in [2.24, 2.45) is 7.05 Å². The molecule has 0 unspecified atom stereocenters. The number of benzene rings is 2. The van der Waals surface area contributed by atoms with E-state index in [1.165, 1.54) is 11.3 Å². The molecule has 2 heterocycles. The predicted molar refractivity (Wildman–Crippen MR) is 150 cm³/mol. The van der Waals surface area contributed by atoms with Gasteiger partial charge in [0.05, 0.1) is 16.8 Å². The van der Waals surface area contributed by atoms with Gasteiger partial charge >= 0.3 is 6.03 Å². The Morgan fingerprint density at radius 3 is 2.62 bits per heavy atom. The molecule has 0 bridgehead atoms. The second kappa shape index (κ2) is 10.7. The van der Waals surface area contributed by atoms with Gasteiger partial charge in [-0.3, -0.25) is 0 Å². The normalized spacial score (nSPS) is 13.5. The van der Waals surface area contributed by atoms with Gasteiger partial charge in [-0.05, 0) is 62.9 Å². The van der Waals surface area contributed by atoms with Gasteiger partial charge in [0.25, 0.3) is 0 Å². The molecular formula is C29H32N6OS. The number of carbonyl (C=O) groups excluding carboxylic acids is 1. The maximum absolute atomic E-state index is 12.1. The molecule has 0 aliphatic heterocycles. The molecule has 0 radical (unpaired) electrons. The molecule has 2 aromatic carbocycles. The van der Waals surface area contributed by atoms with E-state index >= 15 is 0 Å². The summed E-state index contributed by atoms with van der Waals surface area (Å²) in [6.07, 6.45) is 8.16. The van der Waals surface area contributed by atoms with E-state index in [-0.39, 0.29) is 12.1 Å². The van der Waals surface area contributed by atoms with Crippen LogP contribution in [0.3, 0.4) is 0 Å². The molecule has 0 spiro atoms. The highest BCUT2D eigenvalue weighted by atomic mass is 32.2. The Kier molecular flexibility index (Phi) is 7.24. The number of anilines is 1. The van der Waals surface area contributed by atoms with Crippen LogP contribution in [0.15, 0.2) is 59.8 Å². The lowest BCUT2D eigenvalue weighted by atomic mass is 9.92. The molecule has 2 N–H and O–H groups in total. The molecule has 0 atom stereocenters. The number of carbonyl (C=O) groups is 1. The fraction of sp³-hybridized carbons (Fsp3) is 0.345. The van der Waals surface area contributed by atoms with Crippen LogP contribution in [-0.2, 0) is 13.5 Å². The third-order valence-electron chi connectivity index (χ3n) is 6.88. The van der Waals surface area contributed by atoms with E-state index < -0.39 is 0 Å². The number of aryl methyl sites for hydroxylation is 2. The van der Waals surface area contributed by atoms with Crippen LogP contribution in [0.5, 0.6) is 0 Å². The van der Waals surface area contributed by atoms with Gasteiger partial charge in [-0.2, -0.15) is 5.26 Å². The lowest BCUT2D eigenvalue weighted by Crippen LogP contribution is -2.34. The molecular weight excluding hydrogens is 480 g/mol. The Hall–Kier alpha value is -3.70. The van der Waals surface area contributed by atoms with Crippen molar-refractivity contribution < 1.29 is 4.79 Å². The van der Waals surface area contributed by atoms with Crippen LogP contribution in [0.1, 0.15) is 50.5 Å². The largest absolute Gasteiger partial charge is 0.338 e. The number of imidazole rings is 1. The first kappa shape index (κ1) is 25.0. The van der Waals surface area contributed by atoms with Crippen molar-refractivity contribution in [2.45, 2.75) is 56.5 Å². The molecule has 1 fully saturated rings. The summed E-state index contributed by atoms with van der Waals surface area (Å²) in [4.78, 5) is 17.7. The van der Waals surface area contributed by atoms with E-state index in [1.807, 2.05) is 69.3 Å². The van der Waals surface area contributed by atoms with Crippen LogP contribution in [0.4, 0.5) is 10.5 Å². The molecule has 1 aliphatic carbocycles. The number of urea groups is 1. The minimum absolute atomic E-state index is 0.0634. The van der Waals surface area contributed by atoms with E-state index in [4.69, 9.17) is 0 Å². The molecule has 8 heteroatoms. The van der Waals surface area contributed by atoms with Crippen molar-refractivity contribution in [3.05, 3.63) is 66.2 Å². The van der Waals surface area contributed by atoms with Gasteiger partial charge in [-0.1, -0.05) is 18.2 Å². The minimum Gasteiger partial charge on any atom is -0.338 e. The summed E-state index contributed by atoms with van der Waals surface area (Å²) in [6, 6.07) is 17.0. The third-order valence-corrected chi connectivity index (χ3v) is 7.87. The van der Waals surface area contributed by atoms with Gasteiger partial charge < -0.3 is 19.8 Å². The maximum atomic E-state index is 12.1. The first-order valence-electron chi connectivity index (χ1n) is 12.8. The SMILES string of the molecule is CC(C)NC(=O)Nc1ccc(-c2c(C#N)c3ccc(SCCc4nccn4C)cc3n2C2CCC2)cc1. The molecule has 2 aromatic heterocycles. The van der Waals surface area contributed by atoms with E-state index in [1.54, 1.807) is 0 Å². The zero-order valence-electron chi connectivity index (χ0n) is 21.5. The Bertz CT molecular complexity index is 1460. The summed E-state index contributed by atoms with van der Waals surface area (Å²) < 4.78 is 4.45. The van der Waals surface area contributed by atoms with Gasteiger partial charge in [-0.15, -0.1) is 11.8 Å². The molecule has 37 heavy (non-hydrogen) atoms. The number of hydrogen-bond acceptors (Lipinski definition) is 4. The Labute approximate surface area is 221 Å². The molecule has 0 saturated heterocycles. The summed E-state index contributed by atoms with van der Waals surface area (Å²) in [5.74, 6) is 2.03. The standard InChI is InChI=1S/C29H32N6OS/c1-19(2)32-29(36)33-21-9-7-20(8-10-21)28-25(18-30)24-12-11-23(17-26(24)35(28)22-5-4-6-22)37-16-13-27-31-14-15-34(27)3/h7-12,14-15,17,19,22H,4-6,13,16H2,1-3H3,(H2,32,33,36). The van der Waals surface area contributed by atoms with Crippen molar-refractivity contribution in [2.75, 3.05) is 11.1 Å². The molecule has 7 nitrogen and oxygen atoms in total. The van der Waals surface area contributed by atoms with E-state index in [0.29, 0.717) is 11.6 Å². The number of fused-ring (bicyclic) bond motifs is 1. The van der Waals surface area contributed by atoms with Crippen LogP contribution in [0.25, 0.3) is 22.2 Å². The van der Waals surface area contributed by atoms with Gasteiger partial charge in [0.2, 0.25) is 0 Å². The number of thioether (sulfide) groups is 1. The van der Waals surface area contributed by atoms with E-state index in [9.17, 15) is 10.1 Å². The first-order chi connectivity index (χ1) is 17.9. The van der Waals surface area contributed by atoms with Crippen molar-refractivity contribution in [3.63, 3.8) is 0 Å². The Morgan fingerprint density at radius 1 is 1.22 bits per heavy atom. The fourth-order valence-corrected chi connectivity index (χ4v) is 5.72. The summed E-state index contributed by atoms with van der Waals surface area (Å²) in [7, 11) is 2.03. The summed E-state index contributed by atoms with van der Waals surface area (Å²) >= 11 is 1.82. The number of rotatable bonds is 8. The van der Waals surface area contributed by atoms with Crippen molar-refractivity contribution in [1.29, 1.82) is 5.26 Å². The lowest BCUT2D eigenvalue weighted by Gasteiger charge is -2.30. The number of aromatic nitrogens is 3. The zero-order chi connectivity index (χ0) is 25.9. The number of nitriles is 1.